The highest BCUT2D eigenvalue weighted by atomic mass is 33.1. The molecule has 2 atom stereocenters. The van der Waals surface area contributed by atoms with Gasteiger partial charge in [0.05, 0.1) is 6.61 Å². The largest absolute Gasteiger partial charge is 0.480 e. The number of amides is 3. The summed E-state index contributed by atoms with van der Waals surface area (Å²) in [5, 5.41) is 16.6. The number of carboxylic acid groups (broad SMARTS) is 1. The molecular weight excluding hydrogens is 562 g/mol. The lowest BCUT2D eigenvalue weighted by Crippen LogP contribution is -2.49. The first-order valence-electron chi connectivity index (χ1n) is 12.1. The molecule has 0 heterocycles. The fourth-order valence-corrected chi connectivity index (χ4v) is 5.22. The van der Waals surface area contributed by atoms with Crippen LogP contribution in [0.5, 0.6) is 0 Å². The van der Waals surface area contributed by atoms with E-state index >= 15 is 0 Å². The molecule has 0 radical (unpaired) electrons. The fraction of sp³-hybridized carbons (Fsp3) is 0.346. The van der Waals surface area contributed by atoms with Gasteiger partial charge in [0.2, 0.25) is 5.91 Å². The lowest BCUT2D eigenvalue weighted by Gasteiger charge is -2.18. The average molecular weight is 594 g/mol. The quantitative estimate of drug-likeness (QED) is 0.0977. The number of aliphatic carboxylic acids is 1. The smallest absolute Gasteiger partial charge is 0.408 e. The van der Waals surface area contributed by atoms with Gasteiger partial charge in [0.15, 0.2) is 0 Å². The molecule has 2 rings (SSSR count). The Morgan fingerprint density at radius 3 is 1.70 bits per heavy atom. The van der Waals surface area contributed by atoms with E-state index in [0.29, 0.717) is 0 Å². The Bertz CT molecular complexity index is 1110. The summed E-state index contributed by atoms with van der Waals surface area (Å²) in [6, 6.07) is 15.5. The van der Waals surface area contributed by atoms with Crippen LogP contribution in [-0.2, 0) is 41.8 Å². The zero-order valence-electron chi connectivity index (χ0n) is 21.7. The summed E-state index contributed by atoms with van der Waals surface area (Å²) in [4.78, 5) is 60.3. The van der Waals surface area contributed by atoms with E-state index in [2.05, 4.69) is 16.0 Å². The maximum atomic E-state index is 12.7. The molecule has 0 aliphatic heterocycles. The summed E-state index contributed by atoms with van der Waals surface area (Å²) in [5.41, 5.74) is 1.50. The SMILES string of the molecule is CCOC(=O)CNC(=O)[C@@H](CSSC[C@H](NC(=O)OCc1ccccc1)C(=O)O)NC(=O)OCc1ccccc1. The van der Waals surface area contributed by atoms with Crippen LogP contribution >= 0.6 is 21.6 Å². The number of ether oxygens (including phenoxy) is 3. The number of rotatable bonds is 16. The van der Waals surface area contributed by atoms with Crippen molar-refractivity contribution in [2.24, 2.45) is 0 Å². The summed E-state index contributed by atoms with van der Waals surface area (Å²) in [6.07, 6.45) is -1.74. The van der Waals surface area contributed by atoms with Gasteiger partial charge in [-0.25, -0.2) is 14.4 Å². The molecule has 2 aromatic carbocycles. The molecule has 14 heteroatoms. The van der Waals surface area contributed by atoms with Crippen molar-refractivity contribution in [2.75, 3.05) is 24.7 Å². The molecule has 2 aromatic rings. The molecule has 0 aliphatic carbocycles. The van der Waals surface area contributed by atoms with Crippen LogP contribution < -0.4 is 16.0 Å². The van der Waals surface area contributed by atoms with Gasteiger partial charge in [0.25, 0.3) is 0 Å². The number of nitrogens with one attached hydrogen (secondary N) is 3. The topological polar surface area (TPSA) is 169 Å². The van der Waals surface area contributed by atoms with Gasteiger partial charge < -0.3 is 35.3 Å². The molecule has 0 fully saturated rings. The summed E-state index contributed by atoms with van der Waals surface area (Å²) in [6.45, 7) is 1.35. The van der Waals surface area contributed by atoms with Crippen molar-refractivity contribution in [2.45, 2.75) is 32.2 Å². The summed E-state index contributed by atoms with van der Waals surface area (Å²) >= 11 is 0. The lowest BCUT2D eigenvalue weighted by atomic mass is 10.2. The number of carbonyl (C=O) groups is 5. The van der Waals surface area contributed by atoms with Gasteiger partial charge in [-0.2, -0.15) is 0 Å². The van der Waals surface area contributed by atoms with Gasteiger partial charge in [-0.15, -0.1) is 0 Å². The van der Waals surface area contributed by atoms with Crippen molar-refractivity contribution >= 4 is 51.6 Å². The van der Waals surface area contributed by atoms with E-state index in [-0.39, 0.29) is 31.3 Å². The molecule has 4 N–H and O–H groups in total. The molecule has 0 bridgehead atoms. The lowest BCUT2D eigenvalue weighted by molar-refractivity contribution is -0.143. The van der Waals surface area contributed by atoms with E-state index in [1.165, 1.54) is 0 Å². The molecule has 0 unspecified atom stereocenters. The highest BCUT2D eigenvalue weighted by molar-refractivity contribution is 8.76. The van der Waals surface area contributed by atoms with Gasteiger partial charge in [-0.3, -0.25) is 9.59 Å². The van der Waals surface area contributed by atoms with Crippen LogP contribution in [0.2, 0.25) is 0 Å². The van der Waals surface area contributed by atoms with Crippen molar-refractivity contribution in [3.05, 3.63) is 71.8 Å². The molecular formula is C26H31N3O9S2. The molecule has 12 nitrogen and oxygen atoms in total. The summed E-state index contributed by atoms with van der Waals surface area (Å²) in [7, 11) is 2.15. The fourth-order valence-electron chi connectivity index (χ4n) is 2.90. The third-order valence-electron chi connectivity index (χ3n) is 4.89. The van der Waals surface area contributed by atoms with Crippen molar-refractivity contribution < 1.29 is 43.3 Å². The molecule has 0 saturated heterocycles. The van der Waals surface area contributed by atoms with Gasteiger partial charge in [-0.1, -0.05) is 82.3 Å². The van der Waals surface area contributed by atoms with E-state index in [4.69, 9.17) is 14.2 Å². The first-order chi connectivity index (χ1) is 19.3. The first-order valence-corrected chi connectivity index (χ1v) is 14.6. The third-order valence-corrected chi connectivity index (χ3v) is 7.31. The monoisotopic (exact) mass is 593 g/mol. The van der Waals surface area contributed by atoms with Crippen LogP contribution in [0.1, 0.15) is 18.1 Å². The van der Waals surface area contributed by atoms with Gasteiger partial charge in [0, 0.05) is 11.5 Å². The predicted octanol–water partition coefficient (Wildman–Crippen LogP) is 2.72. The van der Waals surface area contributed by atoms with Crippen molar-refractivity contribution in [3.63, 3.8) is 0 Å². The van der Waals surface area contributed by atoms with E-state index in [1.54, 1.807) is 55.5 Å². The minimum atomic E-state index is -1.27. The number of hydrogen-bond donors (Lipinski definition) is 4. The Morgan fingerprint density at radius 1 is 0.750 bits per heavy atom. The second-order valence-electron chi connectivity index (χ2n) is 7.95. The number of carbonyl (C=O) groups excluding carboxylic acids is 4. The Morgan fingerprint density at radius 2 is 1.23 bits per heavy atom. The molecule has 0 aromatic heterocycles. The second-order valence-corrected chi connectivity index (χ2v) is 10.5. The standard InChI is InChI=1S/C26H31N3O9S2/c1-2-36-22(30)13-27-23(31)20(28-25(34)37-14-18-9-5-3-6-10-18)16-39-40-17-21(24(32)33)29-26(35)38-15-19-11-7-4-8-12-19/h3-12,20-21H,2,13-17H2,1H3,(H,27,31)(H,28,34)(H,29,35)(H,32,33)/t20-,21+/m1/s1. The molecule has 3 amide bonds. The second kappa shape index (κ2) is 18.4. The van der Waals surface area contributed by atoms with Gasteiger partial charge in [-0.05, 0) is 18.1 Å². The number of alkyl carbamates (subject to hydrolysis) is 2. The Kier molecular flexibility index (Phi) is 14.9. The van der Waals surface area contributed by atoms with Gasteiger partial charge in [0.1, 0.15) is 31.8 Å². The average Bonchev–Trinajstić information content (AvgIpc) is 2.95. The molecule has 40 heavy (non-hydrogen) atoms. The minimum absolute atomic E-state index is 0.00452. The molecule has 0 saturated carbocycles. The van der Waals surface area contributed by atoms with E-state index in [9.17, 15) is 29.1 Å². The van der Waals surface area contributed by atoms with E-state index in [1.807, 2.05) is 12.1 Å². The van der Waals surface area contributed by atoms with Gasteiger partial charge >= 0.3 is 24.1 Å². The maximum Gasteiger partial charge on any atom is 0.408 e. The minimum Gasteiger partial charge on any atom is -0.480 e. The number of esters is 1. The van der Waals surface area contributed by atoms with Crippen LogP contribution in [0.25, 0.3) is 0 Å². The highest BCUT2D eigenvalue weighted by Gasteiger charge is 2.25. The number of carboxylic acids is 1. The normalized spacial score (nSPS) is 11.8. The number of hydrogen-bond acceptors (Lipinski definition) is 10. The van der Waals surface area contributed by atoms with Crippen LogP contribution in [0.4, 0.5) is 9.59 Å². The Labute approximate surface area is 239 Å². The predicted molar refractivity (Wildman–Crippen MR) is 149 cm³/mol. The number of benzene rings is 2. The maximum absolute atomic E-state index is 12.7. The van der Waals surface area contributed by atoms with Crippen molar-refractivity contribution in [3.8, 4) is 0 Å². The van der Waals surface area contributed by atoms with Crippen LogP contribution in [0.15, 0.2) is 60.7 Å². The van der Waals surface area contributed by atoms with Crippen LogP contribution in [0, 0.1) is 0 Å². The molecule has 216 valence electrons. The first kappa shape index (κ1) is 32.3. The Balaban J connectivity index is 1.85. The zero-order valence-corrected chi connectivity index (χ0v) is 23.3. The van der Waals surface area contributed by atoms with Crippen LogP contribution in [-0.4, -0.2) is 71.9 Å². The van der Waals surface area contributed by atoms with E-state index < -0.39 is 48.7 Å². The van der Waals surface area contributed by atoms with Crippen molar-refractivity contribution in [1.29, 1.82) is 0 Å². The van der Waals surface area contributed by atoms with E-state index in [0.717, 1.165) is 32.7 Å². The summed E-state index contributed by atoms with van der Waals surface area (Å²) < 4.78 is 15.0. The van der Waals surface area contributed by atoms with Crippen molar-refractivity contribution in [1.82, 2.24) is 16.0 Å². The Hall–Kier alpha value is -3.91. The zero-order chi connectivity index (χ0) is 29.2. The van der Waals surface area contributed by atoms with Crippen LogP contribution in [0.3, 0.4) is 0 Å². The molecule has 0 spiro atoms. The molecule has 0 aliphatic rings. The highest BCUT2D eigenvalue weighted by Crippen LogP contribution is 2.23. The third kappa shape index (κ3) is 13.2. The summed E-state index contributed by atoms with van der Waals surface area (Å²) in [5.74, 6) is -2.62.